The van der Waals surface area contributed by atoms with Gasteiger partial charge in [-0.3, -0.25) is 4.68 Å². The minimum atomic E-state index is -0.554. The smallest absolute Gasteiger partial charge is 0.163 e. The predicted octanol–water partition coefficient (Wildman–Crippen LogP) is 1.46. The van der Waals surface area contributed by atoms with Gasteiger partial charge in [-0.2, -0.15) is 5.10 Å². The van der Waals surface area contributed by atoms with Crippen LogP contribution in [0.15, 0.2) is 6.20 Å². The van der Waals surface area contributed by atoms with Crippen molar-refractivity contribution in [3.63, 3.8) is 0 Å². The summed E-state index contributed by atoms with van der Waals surface area (Å²) in [4.78, 5) is 11.5. The van der Waals surface area contributed by atoms with Crippen LogP contribution in [-0.4, -0.2) is 58.3 Å². The van der Waals surface area contributed by atoms with Crippen molar-refractivity contribution in [1.82, 2.24) is 19.7 Å². The topological polar surface area (TPSA) is 76.3 Å². The van der Waals surface area contributed by atoms with Gasteiger partial charge in [0.15, 0.2) is 5.65 Å². The van der Waals surface area contributed by atoms with Crippen LogP contribution < -0.4 is 4.90 Å². The Morgan fingerprint density at radius 2 is 2.13 bits per heavy atom. The molecule has 2 aromatic heterocycles. The Morgan fingerprint density at radius 3 is 2.83 bits per heavy atom. The van der Waals surface area contributed by atoms with Crippen LogP contribution in [0, 0.1) is 0 Å². The highest BCUT2D eigenvalue weighted by molar-refractivity contribution is 5.86. The zero-order valence-corrected chi connectivity index (χ0v) is 14.1. The number of likely N-dealkylation sites (N-methyl/N-ethyl adjacent to an activating group) is 1. The number of aliphatic hydroxyl groups is 1. The fraction of sp³-hybridized carbons (Fsp3) is 0.688. The Kier molecular flexibility index (Phi) is 4.77. The lowest BCUT2D eigenvalue weighted by molar-refractivity contribution is 0.0694. The number of fused-ring (bicyclic) bond motifs is 1. The van der Waals surface area contributed by atoms with Gasteiger partial charge in [-0.25, -0.2) is 9.97 Å². The maximum atomic E-state index is 10.0. The molecule has 1 fully saturated rings. The summed E-state index contributed by atoms with van der Waals surface area (Å²) in [6.07, 6.45) is 6.03. The van der Waals surface area contributed by atoms with E-state index in [1.807, 2.05) is 19.0 Å². The Morgan fingerprint density at radius 1 is 1.39 bits per heavy atom. The van der Waals surface area contributed by atoms with Gasteiger partial charge in [0, 0.05) is 33.7 Å². The molecule has 0 amide bonds. The molecule has 7 heteroatoms. The molecule has 1 aliphatic carbocycles. The number of aryl methyl sites for hydroxylation is 1. The third-order valence-corrected chi connectivity index (χ3v) is 4.51. The molecule has 0 aromatic carbocycles. The number of ether oxygens (including phenoxy) is 1. The molecular formula is C16H25N5O2. The maximum absolute atomic E-state index is 10.0. The molecule has 0 unspecified atom stereocenters. The van der Waals surface area contributed by atoms with E-state index in [2.05, 4.69) is 5.10 Å². The van der Waals surface area contributed by atoms with E-state index in [9.17, 15) is 5.11 Å². The van der Waals surface area contributed by atoms with Gasteiger partial charge in [-0.15, -0.1) is 0 Å². The first-order valence-corrected chi connectivity index (χ1v) is 8.18. The van der Waals surface area contributed by atoms with Crippen molar-refractivity contribution in [2.24, 2.45) is 7.05 Å². The van der Waals surface area contributed by atoms with E-state index in [0.29, 0.717) is 19.1 Å². The van der Waals surface area contributed by atoms with Crippen LogP contribution in [0.1, 0.15) is 37.4 Å². The van der Waals surface area contributed by atoms with Gasteiger partial charge < -0.3 is 14.7 Å². The van der Waals surface area contributed by atoms with Crippen LogP contribution in [0.4, 0.5) is 5.82 Å². The molecule has 0 aliphatic heterocycles. The normalized spacial score (nSPS) is 17.0. The number of hydrogen-bond donors (Lipinski definition) is 1. The third kappa shape index (κ3) is 3.30. The average molecular weight is 319 g/mol. The molecule has 3 rings (SSSR count). The van der Waals surface area contributed by atoms with E-state index in [1.165, 1.54) is 12.8 Å². The number of hydrogen-bond acceptors (Lipinski definition) is 6. The Hall–Kier alpha value is -1.73. The Balaban J connectivity index is 1.96. The van der Waals surface area contributed by atoms with Crippen molar-refractivity contribution >= 4 is 16.9 Å². The van der Waals surface area contributed by atoms with E-state index in [1.54, 1.807) is 18.0 Å². The SMILES string of the molecule is COC[C@@H](O)CN(C)c1nc(C2CCCC2)nc2c1cnn2C. The number of nitrogens with zero attached hydrogens (tertiary/aromatic N) is 5. The monoisotopic (exact) mass is 319 g/mol. The summed E-state index contributed by atoms with van der Waals surface area (Å²) < 4.78 is 6.80. The lowest BCUT2D eigenvalue weighted by Gasteiger charge is -2.23. The molecular weight excluding hydrogens is 294 g/mol. The molecule has 0 spiro atoms. The van der Waals surface area contributed by atoms with Gasteiger partial charge in [0.25, 0.3) is 0 Å². The molecule has 1 saturated carbocycles. The van der Waals surface area contributed by atoms with Crippen LogP contribution in [-0.2, 0) is 11.8 Å². The Bertz CT molecular complexity index is 666. The van der Waals surface area contributed by atoms with E-state index in [0.717, 1.165) is 35.5 Å². The van der Waals surface area contributed by atoms with Crippen molar-refractivity contribution in [2.75, 3.05) is 32.2 Å². The van der Waals surface area contributed by atoms with Crippen LogP contribution in [0.5, 0.6) is 0 Å². The maximum Gasteiger partial charge on any atom is 0.163 e. The number of anilines is 1. The molecule has 1 aliphatic rings. The summed E-state index contributed by atoms with van der Waals surface area (Å²) in [5, 5.41) is 15.2. The minimum absolute atomic E-state index is 0.307. The van der Waals surface area contributed by atoms with Crippen LogP contribution in [0.3, 0.4) is 0 Å². The van der Waals surface area contributed by atoms with E-state index < -0.39 is 6.10 Å². The first-order valence-electron chi connectivity index (χ1n) is 8.18. The number of aliphatic hydroxyl groups excluding tert-OH is 1. The molecule has 2 aromatic rings. The average Bonchev–Trinajstić information content (AvgIpc) is 3.17. The summed E-state index contributed by atoms with van der Waals surface area (Å²) >= 11 is 0. The van der Waals surface area contributed by atoms with Crippen molar-refractivity contribution in [1.29, 1.82) is 0 Å². The van der Waals surface area contributed by atoms with E-state index in [4.69, 9.17) is 14.7 Å². The van der Waals surface area contributed by atoms with Gasteiger partial charge in [0.2, 0.25) is 0 Å². The van der Waals surface area contributed by atoms with E-state index in [-0.39, 0.29) is 0 Å². The fourth-order valence-corrected chi connectivity index (χ4v) is 3.33. The highest BCUT2D eigenvalue weighted by Crippen LogP contribution is 2.34. The summed E-state index contributed by atoms with van der Waals surface area (Å²) in [5.41, 5.74) is 0.852. The number of rotatable bonds is 6. The van der Waals surface area contributed by atoms with Crippen molar-refractivity contribution in [2.45, 2.75) is 37.7 Å². The molecule has 7 nitrogen and oxygen atoms in total. The van der Waals surface area contributed by atoms with Gasteiger partial charge in [-0.1, -0.05) is 12.8 Å². The second-order valence-corrected chi connectivity index (χ2v) is 6.38. The second-order valence-electron chi connectivity index (χ2n) is 6.38. The molecule has 1 N–H and O–H groups in total. The summed E-state index contributed by atoms with van der Waals surface area (Å²) in [6, 6.07) is 0. The first-order chi connectivity index (χ1) is 11.1. The van der Waals surface area contributed by atoms with Crippen LogP contribution >= 0.6 is 0 Å². The summed E-state index contributed by atoms with van der Waals surface area (Å²) in [7, 11) is 5.43. The molecule has 0 saturated heterocycles. The molecule has 126 valence electrons. The first kappa shape index (κ1) is 16.1. The highest BCUT2D eigenvalue weighted by Gasteiger charge is 2.24. The largest absolute Gasteiger partial charge is 0.389 e. The predicted molar refractivity (Wildman–Crippen MR) is 88.7 cm³/mol. The molecule has 0 bridgehead atoms. The van der Waals surface area contributed by atoms with Crippen molar-refractivity contribution < 1.29 is 9.84 Å². The number of methoxy groups -OCH3 is 1. The summed E-state index contributed by atoms with van der Waals surface area (Å²) in [6.45, 7) is 0.764. The van der Waals surface area contributed by atoms with Gasteiger partial charge in [0.1, 0.15) is 11.6 Å². The van der Waals surface area contributed by atoms with Gasteiger partial charge in [-0.05, 0) is 12.8 Å². The zero-order valence-electron chi connectivity index (χ0n) is 14.1. The lowest BCUT2D eigenvalue weighted by Crippen LogP contribution is -2.32. The van der Waals surface area contributed by atoms with Crippen LogP contribution in [0.25, 0.3) is 11.0 Å². The number of aromatic nitrogens is 4. The third-order valence-electron chi connectivity index (χ3n) is 4.51. The lowest BCUT2D eigenvalue weighted by atomic mass is 10.1. The summed E-state index contributed by atoms with van der Waals surface area (Å²) in [5.74, 6) is 2.17. The molecule has 2 heterocycles. The molecule has 23 heavy (non-hydrogen) atoms. The van der Waals surface area contributed by atoms with Crippen molar-refractivity contribution in [3.05, 3.63) is 12.0 Å². The van der Waals surface area contributed by atoms with Crippen LogP contribution in [0.2, 0.25) is 0 Å². The Labute approximate surface area is 136 Å². The quantitative estimate of drug-likeness (QED) is 0.869. The van der Waals surface area contributed by atoms with Gasteiger partial charge >= 0.3 is 0 Å². The van der Waals surface area contributed by atoms with Crippen molar-refractivity contribution in [3.8, 4) is 0 Å². The standard InChI is InChI=1S/C16H25N5O2/c1-20(9-12(22)10-23-3)15-13-8-17-21(2)16(13)19-14(18-15)11-6-4-5-7-11/h8,11-12,22H,4-7,9-10H2,1-3H3/t12-/m0/s1. The zero-order chi connectivity index (χ0) is 16.4. The second kappa shape index (κ2) is 6.80. The minimum Gasteiger partial charge on any atom is -0.389 e. The van der Waals surface area contributed by atoms with E-state index >= 15 is 0 Å². The van der Waals surface area contributed by atoms with Gasteiger partial charge in [0.05, 0.1) is 24.3 Å². The highest BCUT2D eigenvalue weighted by atomic mass is 16.5. The fourth-order valence-electron chi connectivity index (χ4n) is 3.33. The molecule has 0 radical (unpaired) electrons. The molecule has 1 atom stereocenters.